The van der Waals surface area contributed by atoms with Crippen LogP contribution in [0.3, 0.4) is 0 Å². The number of Topliss-reactive ketones (excluding diaryl/α,β-unsaturated/α-hetero) is 1. The summed E-state index contributed by atoms with van der Waals surface area (Å²) in [5.74, 6) is -0.819. The number of ketones is 1. The Labute approximate surface area is 129 Å². The molecule has 22 heavy (non-hydrogen) atoms. The Hall–Kier alpha value is -2.61. The molecule has 0 atom stereocenters. The Bertz CT molecular complexity index is 773. The summed E-state index contributed by atoms with van der Waals surface area (Å²) in [7, 11) is 0. The van der Waals surface area contributed by atoms with Gasteiger partial charge in [-0.1, -0.05) is 23.9 Å². The number of benzene rings is 1. The summed E-state index contributed by atoms with van der Waals surface area (Å²) >= 11 is 0.981. The summed E-state index contributed by atoms with van der Waals surface area (Å²) < 4.78 is 0. The first kappa shape index (κ1) is 15.8. The highest BCUT2D eigenvalue weighted by Gasteiger charge is 2.07. The highest BCUT2D eigenvalue weighted by Crippen LogP contribution is 2.15. The van der Waals surface area contributed by atoms with Crippen LogP contribution >= 0.6 is 11.8 Å². The van der Waals surface area contributed by atoms with E-state index in [0.29, 0.717) is 11.3 Å². The van der Waals surface area contributed by atoms with Crippen LogP contribution in [0.4, 0.5) is 5.69 Å². The van der Waals surface area contributed by atoms with Crippen LogP contribution in [-0.4, -0.2) is 32.5 Å². The summed E-state index contributed by atoms with van der Waals surface area (Å²) in [6.07, 6.45) is 0. The van der Waals surface area contributed by atoms with Crippen molar-refractivity contribution in [1.29, 1.82) is 0 Å². The summed E-state index contributed by atoms with van der Waals surface area (Å²) in [6.45, 7) is 1.45. The van der Waals surface area contributed by atoms with E-state index in [-0.39, 0.29) is 22.6 Å². The summed E-state index contributed by atoms with van der Waals surface area (Å²) in [4.78, 5) is 40.4. The number of aromatic nitrogens is 2. The molecule has 2 aromatic rings. The van der Waals surface area contributed by atoms with Gasteiger partial charge in [0.05, 0.1) is 11.8 Å². The highest BCUT2D eigenvalue weighted by molar-refractivity contribution is 7.99. The SMILES string of the molecule is CC(=O)c1cccc(NC(=O)CSc2nc(O)cc(=O)[nH]2)c1. The molecule has 3 N–H and O–H groups in total. The molecule has 8 heteroatoms. The number of amides is 1. The quantitative estimate of drug-likeness (QED) is 0.436. The molecule has 1 heterocycles. The molecule has 7 nitrogen and oxygen atoms in total. The van der Waals surface area contributed by atoms with Gasteiger partial charge in [-0.15, -0.1) is 0 Å². The molecule has 0 spiro atoms. The fourth-order valence-corrected chi connectivity index (χ4v) is 2.31. The third-order valence-corrected chi connectivity index (χ3v) is 3.47. The van der Waals surface area contributed by atoms with Gasteiger partial charge in [0.2, 0.25) is 11.8 Å². The molecule has 0 bridgehead atoms. The molecular weight excluding hydrogens is 306 g/mol. The van der Waals surface area contributed by atoms with E-state index in [1.165, 1.54) is 6.92 Å². The molecule has 1 amide bonds. The molecule has 0 aliphatic rings. The fourth-order valence-electron chi connectivity index (χ4n) is 1.64. The molecule has 0 fully saturated rings. The lowest BCUT2D eigenvalue weighted by Gasteiger charge is -2.06. The number of carbonyl (C=O) groups excluding carboxylic acids is 2. The molecule has 1 aromatic heterocycles. The molecule has 2 rings (SSSR count). The van der Waals surface area contributed by atoms with E-state index >= 15 is 0 Å². The lowest BCUT2D eigenvalue weighted by molar-refractivity contribution is -0.113. The van der Waals surface area contributed by atoms with E-state index in [1.54, 1.807) is 24.3 Å². The van der Waals surface area contributed by atoms with Crippen molar-refractivity contribution in [3.8, 4) is 5.88 Å². The minimum Gasteiger partial charge on any atom is -0.493 e. The number of rotatable bonds is 5. The highest BCUT2D eigenvalue weighted by atomic mass is 32.2. The van der Waals surface area contributed by atoms with Gasteiger partial charge < -0.3 is 15.4 Å². The van der Waals surface area contributed by atoms with Crippen molar-refractivity contribution < 1.29 is 14.7 Å². The lowest BCUT2D eigenvalue weighted by Crippen LogP contribution is -2.15. The maximum atomic E-state index is 11.8. The maximum Gasteiger partial charge on any atom is 0.255 e. The summed E-state index contributed by atoms with van der Waals surface area (Å²) in [5.41, 5.74) is 0.518. The zero-order chi connectivity index (χ0) is 16.1. The van der Waals surface area contributed by atoms with Crippen molar-refractivity contribution in [1.82, 2.24) is 9.97 Å². The zero-order valence-electron chi connectivity index (χ0n) is 11.6. The Kier molecular flexibility index (Phi) is 4.95. The Balaban J connectivity index is 1.97. The monoisotopic (exact) mass is 319 g/mol. The number of hydrogen-bond donors (Lipinski definition) is 3. The minimum atomic E-state index is -0.496. The number of thioether (sulfide) groups is 1. The van der Waals surface area contributed by atoms with Crippen molar-refractivity contribution in [3.05, 3.63) is 46.2 Å². The van der Waals surface area contributed by atoms with Crippen LogP contribution in [0, 0.1) is 0 Å². The number of nitrogens with zero attached hydrogens (tertiary/aromatic N) is 1. The Morgan fingerprint density at radius 3 is 2.82 bits per heavy atom. The number of aromatic hydroxyl groups is 1. The van der Waals surface area contributed by atoms with Gasteiger partial charge in [-0.05, 0) is 19.1 Å². The largest absolute Gasteiger partial charge is 0.493 e. The molecular formula is C14H13N3O4S. The number of nitrogens with one attached hydrogen (secondary N) is 2. The smallest absolute Gasteiger partial charge is 0.255 e. The van der Waals surface area contributed by atoms with Crippen molar-refractivity contribution in [2.45, 2.75) is 12.1 Å². The van der Waals surface area contributed by atoms with Crippen LogP contribution in [0.25, 0.3) is 0 Å². The van der Waals surface area contributed by atoms with Crippen molar-refractivity contribution in [2.75, 3.05) is 11.1 Å². The standard InChI is InChI=1S/C14H13N3O4S/c1-8(18)9-3-2-4-10(5-9)15-13(21)7-22-14-16-11(19)6-12(20)17-14/h2-6H,7H2,1H3,(H,15,21)(H2,16,17,19,20). The normalized spacial score (nSPS) is 10.2. The van der Waals surface area contributed by atoms with E-state index < -0.39 is 11.4 Å². The first-order valence-electron chi connectivity index (χ1n) is 6.28. The lowest BCUT2D eigenvalue weighted by atomic mass is 10.1. The first-order chi connectivity index (χ1) is 10.4. The Morgan fingerprint density at radius 2 is 2.14 bits per heavy atom. The van der Waals surface area contributed by atoms with Gasteiger partial charge in [-0.3, -0.25) is 14.4 Å². The number of anilines is 1. The molecule has 0 saturated carbocycles. The summed E-state index contributed by atoms with van der Waals surface area (Å²) in [6, 6.07) is 7.53. The number of carbonyl (C=O) groups is 2. The third kappa shape index (κ3) is 4.45. The van der Waals surface area contributed by atoms with Gasteiger partial charge >= 0.3 is 0 Å². The second-order valence-corrected chi connectivity index (χ2v) is 5.35. The molecule has 0 unspecified atom stereocenters. The maximum absolute atomic E-state index is 11.8. The third-order valence-electron chi connectivity index (χ3n) is 2.60. The number of aromatic amines is 1. The van der Waals surface area contributed by atoms with Crippen LogP contribution in [0.1, 0.15) is 17.3 Å². The van der Waals surface area contributed by atoms with Gasteiger partial charge in [0, 0.05) is 11.3 Å². The molecule has 0 aliphatic carbocycles. The second kappa shape index (κ2) is 6.90. The molecule has 1 aromatic carbocycles. The number of hydrogen-bond acceptors (Lipinski definition) is 6. The van der Waals surface area contributed by atoms with Crippen LogP contribution in [0.2, 0.25) is 0 Å². The molecule has 0 saturated heterocycles. The van der Waals surface area contributed by atoms with Crippen LogP contribution in [-0.2, 0) is 4.79 Å². The second-order valence-electron chi connectivity index (χ2n) is 4.38. The van der Waals surface area contributed by atoms with Crippen LogP contribution < -0.4 is 10.9 Å². The van der Waals surface area contributed by atoms with Crippen molar-refractivity contribution in [2.24, 2.45) is 0 Å². The molecule has 0 aliphatic heterocycles. The van der Waals surface area contributed by atoms with E-state index in [9.17, 15) is 19.5 Å². The van der Waals surface area contributed by atoms with Crippen molar-refractivity contribution >= 4 is 29.1 Å². The number of H-pyrrole nitrogens is 1. The summed E-state index contributed by atoms with van der Waals surface area (Å²) in [5, 5.41) is 12.0. The fraction of sp³-hybridized carbons (Fsp3) is 0.143. The Morgan fingerprint density at radius 1 is 1.36 bits per heavy atom. The zero-order valence-corrected chi connectivity index (χ0v) is 12.4. The van der Waals surface area contributed by atoms with Crippen molar-refractivity contribution in [3.63, 3.8) is 0 Å². The van der Waals surface area contributed by atoms with Gasteiger partial charge in [0.25, 0.3) is 5.56 Å². The van der Waals surface area contributed by atoms with Crippen LogP contribution in [0.15, 0.2) is 40.3 Å². The topological polar surface area (TPSA) is 112 Å². The van der Waals surface area contributed by atoms with Crippen LogP contribution in [0.5, 0.6) is 5.88 Å². The van der Waals surface area contributed by atoms with Gasteiger partial charge in [0.1, 0.15) is 0 Å². The molecule has 114 valence electrons. The van der Waals surface area contributed by atoms with Gasteiger partial charge in [-0.2, -0.15) is 4.98 Å². The average molecular weight is 319 g/mol. The van der Waals surface area contributed by atoms with E-state index in [1.807, 2.05) is 0 Å². The van der Waals surface area contributed by atoms with Gasteiger partial charge in [0.15, 0.2) is 10.9 Å². The van der Waals surface area contributed by atoms with E-state index in [4.69, 9.17) is 0 Å². The first-order valence-corrected chi connectivity index (χ1v) is 7.26. The van der Waals surface area contributed by atoms with E-state index in [0.717, 1.165) is 17.8 Å². The minimum absolute atomic E-state index is 0.00328. The predicted octanol–water partition coefficient (Wildman–Crippen LogP) is 1.41. The average Bonchev–Trinajstić information content (AvgIpc) is 2.44. The molecule has 0 radical (unpaired) electrons. The van der Waals surface area contributed by atoms with E-state index in [2.05, 4.69) is 15.3 Å². The predicted molar refractivity (Wildman–Crippen MR) is 82.3 cm³/mol. The van der Waals surface area contributed by atoms with Gasteiger partial charge in [-0.25, -0.2) is 0 Å².